The van der Waals surface area contributed by atoms with Gasteiger partial charge in [-0.15, -0.1) is 0 Å². The smallest absolute Gasteiger partial charge is 0.319 e. The van der Waals surface area contributed by atoms with Gasteiger partial charge in [0.15, 0.2) is 22.7 Å². The van der Waals surface area contributed by atoms with Gasteiger partial charge in [-0.2, -0.15) is 0 Å². The Labute approximate surface area is 224 Å². The second-order valence-electron chi connectivity index (χ2n) is 11.9. The van der Waals surface area contributed by atoms with Gasteiger partial charge in [0.05, 0.1) is 12.7 Å². The summed E-state index contributed by atoms with van der Waals surface area (Å²) in [5.74, 6) is -4.38. The third kappa shape index (κ3) is 3.68. The summed E-state index contributed by atoms with van der Waals surface area (Å²) in [6.45, 7) is 6.98. The average Bonchev–Trinajstić information content (AvgIpc) is 3.37. The van der Waals surface area contributed by atoms with Crippen LogP contribution in [0.25, 0.3) is 0 Å². The van der Waals surface area contributed by atoms with Crippen molar-refractivity contribution >= 4 is 34.6 Å². The molecule has 1 aliphatic heterocycles. The number of carbonyl (C=O) groups is 4. The summed E-state index contributed by atoms with van der Waals surface area (Å²) in [4.78, 5) is 50.3. The number of rotatable bonds is 4. The van der Waals surface area contributed by atoms with Crippen LogP contribution in [0.5, 0.6) is 0 Å². The number of hydrogen-bond donors (Lipinski definition) is 1. The number of ketones is 1. The van der Waals surface area contributed by atoms with Crippen LogP contribution in [0.1, 0.15) is 53.4 Å². The van der Waals surface area contributed by atoms with Crippen molar-refractivity contribution in [3.8, 4) is 0 Å². The van der Waals surface area contributed by atoms with E-state index in [0.29, 0.717) is 12.8 Å². The molecule has 0 amide bonds. The van der Waals surface area contributed by atoms with Crippen molar-refractivity contribution in [3.05, 3.63) is 23.8 Å². The van der Waals surface area contributed by atoms with E-state index in [9.17, 15) is 24.3 Å². The van der Waals surface area contributed by atoms with E-state index in [1.165, 1.54) is 19.1 Å². The van der Waals surface area contributed by atoms with Crippen LogP contribution < -0.4 is 0 Å². The molecule has 0 aromatic rings. The minimum atomic E-state index is -2.46. The molecule has 5 aliphatic rings. The predicted octanol–water partition coefficient (Wildman–Crippen LogP) is 3.67. The molecule has 11 atom stereocenters. The highest BCUT2D eigenvalue weighted by atomic mass is 32.2. The Hall–Kier alpha value is -2.07. The molecule has 4 fully saturated rings. The van der Waals surface area contributed by atoms with Crippen molar-refractivity contribution in [2.75, 3.05) is 6.61 Å². The summed E-state index contributed by atoms with van der Waals surface area (Å²) >= 11 is 0.928. The third-order valence-corrected chi connectivity index (χ3v) is 11.2. The largest absolute Gasteiger partial charge is 0.465 e. The highest BCUT2D eigenvalue weighted by Crippen LogP contribution is 2.70. The van der Waals surface area contributed by atoms with Crippen LogP contribution in [0.4, 0.5) is 8.78 Å². The maximum absolute atomic E-state index is 17.7. The fraction of sp³-hybridized carbons (Fsp3) is 0.714. The first-order valence-electron chi connectivity index (χ1n) is 13.3. The number of halogens is 2. The van der Waals surface area contributed by atoms with E-state index in [2.05, 4.69) is 0 Å². The molecule has 0 spiro atoms. The molecule has 4 aliphatic carbocycles. The van der Waals surface area contributed by atoms with E-state index in [1.54, 1.807) is 6.92 Å². The van der Waals surface area contributed by atoms with Gasteiger partial charge in [0.1, 0.15) is 11.4 Å². The number of aliphatic hydroxyl groups excluding tert-OH is 1. The van der Waals surface area contributed by atoms with E-state index < -0.39 is 75.6 Å². The number of allylic oxidation sites excluding steroid dienone is 3. The molecule has 10 heteroatoms. The summed E-state index contributed by atoms with van der Waals surface area (Å²) < 4.78 is 44.6. The van der Waals surface area contributed by atoms with E-state index >= 15 is 8.78 Å². The second kappa shape index (κ2) is 9.25. The second-order valence-corrected chi connectivity index (χ2v) is 13.2. The summed E-state index contributed by atoms with van der Waals surface area (Å²) in [5, 5.41) is 10.7. The van der Waals surface area contributed by atoms with Crippen LogP contribution >= 0.6 is 11.8 Å². The molecule has 38 heavy (non-hydrogen) atoms. The molecule has 1 saturated heterocycles. The van der Waals surface area contributed by atoms with E-state index in [1.807, 2.05) is 13.8 Å². The minimum Gasteiger partial charge on any atom is -0.465 e. The van der Waals surface area contributed by atoms with Crippen LogP contribution in [0, 0.1) is 34.5 Å². The molecule has 3 saturated carbocycles. The van der Waals surface area contributed by atoms with Crippen LogP contribution in [-0.2, 0) is 28.7 Å². The number of cyclic esters (lactones) is 1. The summed E-state index contributed by atoms with van der Waals surface area (Å²) in [7, 11) is 0. The predicted molar refractivity (Wildman–Crippen MR) is 134 cm³/mol. The molecular weight excluding hydrogens is 518 g/mol. The summed E-state index contributed by atoms with van der Waals surface area (Å²) in [6, 6.07) is 0. The first kappa shape index (κ1) is 27.5. The fourth-order valence-corrected chi connectivity index (χ4v) is 9.51. The monoisotopic (exact) mass is 552 g/mol. The number of fused-ring (bicyclic) bond motifs is 5. The van der Waals surface area contributed by atoms with Gasteiger partial charge in [-0.05, 0) is 54.7 Å². The van der Waals surface area contributed by atoms with E-state index in [4.69, 9.17) is 9.47 Å². The van der Waals surface area contributed by atoms with Crippen molar-refractivity contribution in [2.24, 2.45) is 34.5 Å². The van der Waals surface area contributed by atoms with Gasteiger partial charge < -0.3 is 14.6 Å². The van der Waals surface area contributed by atoms with Gasteiger partial charge >= 0.3 is 11.9 Å². The Balaban J connectivity index is 1.59. The number of hydrogen-bond acceptors (Lipinski definition) is 8. The molecule has 1 N–H and O–H groups in total. The fourth-order valence-electron chi connectivity index (χ4n) is 8.20. The first-order valence-corrected chi connectivity index (χ1v) is 14.2. The average molecular weight is 553 g/mol. The van der Waals surface area contributed by atoms with Gasteiger partial charge in [0.25, 0.3) is 0 Å². The number of thioether (sulfide) groups is 1. The van der Waals surface area contributed by atoms with Gasteiger partial charge in [0, 0.05) is 30.1 Å². The molecule has 0 aromatic carbocycles. The van der Waals surface area contributed by atoms with Gasteiger partial charge in [0.2, 0.25) is 0 Å². The Morgan fingerprint density at radius 1 is 1.29 bits per heavy atom. The van der Waals surface area contributed by atoms with E-state index in [0.717, 1.165) is 17.8 Å². The minimum absolute atomic E-state index is 0.0551. The molecule has 0 radical (unpaired) electrons. The van der Waals surface area contributed by atoms with Gasteiger partial charge in [-0.1, -0.05) is 38.6 Å². The lowest BCUT2D eigenvalue weighted by Crippen LogP contribution is -2.72. The SMILES string of the molecule is CCC(=O)O[C@H]1[C@H]2[C@@H]3C[C@@H](C)[C@H](C(=O)S[C@H]4CCOC4=O)[C@@]3(C)C[C@H](O)[C@]2(F)[C@@]2(C)C=CC(=O)C=C2[C@H]1F. The maximum Gasteiger partial charge on any atom is 0.319 e. The molecule has 208 valence electrons. The number of ether oxygens (including phenoxy) is 2. The molecule has 1 heterocycles. The highest BCUT2D eigenvalue weighted by molar-refractivity contribution is 8.14. The molecule has 7 nitrogen and oxygen atoms in total. The normalized spacial score (nSPS) is 47.5. The van der Waals surface area contributed by atoms with Crippen molar-refractivity contribution in [2.45, 2.75) is 82.7 Å². The molecule has 0 unspecified atom stereocenters. The van der Waals surface area contributed by atoms with Crippen molar-refractivity contribution < 1.29 is 42.5 Å². The van der Waals surface area contributed by atoms with Crippen LogP contribution in [0.3, 0.4) is 0 Å². The van der Waals surface area contributed by atoms with Gasteiger partial charge in [-0.25, -0.2) is 8.78 Å². The highest BCUT2D eigenvalue weighted by Gasteiger charge is 2.76. The molecule has 0 bridgehead atoms. The zero-order valence-electron chi connectivity index (χ0n) is 21.9. The van der Waals surface area contributed by atoms with Crippen LogP contribution in [-0.4, -0.2) is 63.8 Å². The van der Waals surface area contributed by atoms with Crippen molar-refractivity contribution in [3.63, 3.8) is 0 Å². The Kier molecular flexibility index (Phi) is 6.69. The molecule has 5 rings (SSSR count). The maximum atomic E-state index is 17.7. The summed E-state index contributed by atoms with van der Waals surface area (Å²) in [5.41, 5.74) is -5.18. The zero-order valence-corrected chi connectivity index (χ0v) is 22.8. The Morgan fingerprint density at radius 3 is 2.63 bits per heavy atom. The number of esters is 2. The van der Waals surface area contributed by atoms with Crippen molar-refractivity contribution in [1.82, 2.24) is 0 Å². The number of alkyl halides is 2. The lowest BCUT2D eigenvalue weighted by atomic mass is 9.44. The van der Waals surface area contributed by atoms with Crippen LogP contribution in [0.2, 0.25) is 0 Å². The Bertz CT molecular complexity index is 1140. The standard InChI is InChI=1S/C28H34F2O7S/c1-5-19(33)37-23-21-15-10-13(2)20(25(35)38-17-7-9-36-24(17)34)26(15,3)12-18(32)28(21,30)27(4)8-6-14(31)11-16(27)22(23)29/h6,8,11,13,15,17-18,20-23,32H,5,7,9-10,12H2,1-4H3/t13-,15+,17+,18+,20-,21-,22-,23+,26+,27+,28-/m1/s1. The number of aliphatic hydroxyl groups is 1. The van der Waals surface area contributed by atoms with E-state index in [-0.39, 0.29) is 36.1 Å². The number of carbonyl (C=O) groups excluding carboxylic acids is 4. The first-order chi connectivity index (χ1) is 17.8. The molecular formula is C28H34F2O7S. The topological polar surface area (TPSA) is 107 Å². The summed E-state index contributed by atoms with van der Waals surface area (Å²) in [6.07, 6.45) is -0.927. The quantitative estimate of drug-likeness (QED) is 0.527. The Morgan fingerprint density at radius 2 is 2.00 bits per heavy atom. The lowest BCUT2D eigenvalue weighted by Gasteiger charge is -2.63. The lowest BCUT2D eigenvalue weighted by molar-refractivity contribution is -0.239. The van der Waals surface area contributed by atoms with Crippen molar-refractivity contribution in [1.29, 1.82) is 0 Å². The van der Waals surface area contributed by atoms with Gasteiger partial charge in [-0.3, -0.25) is 19.2 Å². The molecule has 0 aromatic heterocycles. The van der Waals surface area contributed by atoms with Crippen LogP contribution in [0.15, 0.2) is 23.8 Å². The zero-order chi connectivity index (χ0) is 27.8. The third-order valence-electron chi connectivity index (χ3n) is 9.96.